The lowest BCUT2D eigenvalue weighted by Gasteiger charge is -2.26. The van der Waals surface area contributed by atoms with Crippen LogP contribution < -0.4 is 4.90 Å². The van der Waals surface area contributed by atoms with Crippen LogP contribution in [0.15, 0.2) is 36.7 Å². The molecule has 2 aromatic rings. The van der Waals surface area contributed by atoms with Gasteiger partial charge in [0.05, 0.1) is 30.7 Å². The molecule has 4 nitrogen and oxygen atoms in total. The minimum absolute atomic E-state index is 0.139. The monoisotopic (exact) mass is 261 g/mol. The van der Waals surface area contributed by atoms with Gasteiger partial charge in [-0.05, 0) is 13.0 Å². The third-order valence-corrected chi connectivity index (χ3v) is 3.15. The summed E-state index contributed by atoms with van der Waals surface area (Å²) >= 11 is 0. The van der Waals surface area contributed by atoms with Crippen LogP contribution in [0.5, 0.6) is 0 Å². The Bertz CT molecular complexity index is 545. The Morgan fingerprint density at radius 3 is 2.58 bits per heavy atom. The van der Waals surface area contributed by atoms with Crippen LogP contribution in [0.4, 0.5) is 10.2 Å². The predicted octanol–water partition coefficient (Wildman–Crippen LogP) is 2.31. The molecular formula is C14H16FN3O. The molecule has 0 aliphatic heterocycles. The smallest absolute Gasteiger partial charge is 0.147 e. The number of halogens is 1. The molecule has 19 heavy (non-hydrogen) atoms. The lowest BCUT2D eigenvalue weighted by molar-refractivity contribution is 0.276. The number of aliphatic hydroxyl groups is 1. The van der Waals surface area contributed by atoms with Gasteiger partial charge in [0, 0.05) is 12.6 Å². The molecule has 0 spiro atoms. The van der Waals surface area contributed by atoms with Crippen molar-refractivity contribution in [3.63, 3.8) is 0 Å². The molecule has 0 amide bonds. The van der Waals surface area contributed by atoms with Crippen molar-refractivity contribution in [2.75, 3.05) is 11.9 Å². The standard InChI is InChI=1S/C14H16FN3O/c1-10(12-5-3-4-6-13(12)15)18(2)14-8-16-11(9-19)7-17-14/h3-8,10,19H,9H2,1-2H3. The van der Waals surface area contributed by atoms with Crippen LogP contribution in [0, 0.1) is 5.82 Å². The Kier molecular flexibility index (Phi) is 4.06. The molecular weight excluding hydrogens is 245 g/mol. The Labute approximate surface area is 111 Å². The molecule has 1 aromatic heterocycles. The van der Waals surface area contributed by atoms with Gasteiger partial charge in [-0.25, -0.2) is 9.37 Å². The maximum absolute atomic E-state index is 13.7. The summed E-state index contributed by atoms with van der Waals surface area (Å²) in [6.45, 7) is 1.76. The first-order valence-electron chi connectivity index (χ1n) is 6.02. The molecule has 0 fully saturated rings. The fraction of sp³-hybridized carbons (Fsp3) is 0.286. The maximum atomic E-state index is 13.7. The average molecular weight is 261 g/mol. The number of hydrogen-bond acceptors (Lipinski definition) is 4. The van der Waals surface area contributed by atoms with E-state index in [0.29, 0.717) is 17.1 Å². The highest BCUT2D eigenvalue weighted by Gasteiger charge is 2.16. The molecule has 0 saturated carbocycles. The summed E-state index contributed by atoms with van der Waals surface area (Å²) in [5, 5.41) is 8.92. The number of hydrogen-bond donors (Lipinski definition) is 1. The Morgan fingerprint density at radius 1 is 1.26 bits per heavy atom. The predicted molar refractivity (Wildman–Crippen MR) is 71.2 cm³/mol. The van der Waals surface area contributed by atoms with Crippen LogP contribution in [0.1, 0.15) is 24.2 Å². The van der Waals surface area contributed by atoms with Crippen LogP contribution in [0.2, 0.25) is 0 Å². The first-order valence-corrected chi connectivity index (χ1v) is 6.02. The quantitative estimate of drug-likeness (QED) is 0.917. The minimum atomic E-state index is -0.234. The molecule has 0 aliphatic rings. The number of aliphatic hydroxyl groups excluding tert-OH is 1. The summed E-state index contributed by atoms with van der Waals surface area (Å²) in [4.78, 5) is 10.1. The van der Waals surface area contributed by atoms with E-state index < -0.39 is 0 Å². The first kappa shape index (κ1) is 13.4. The van der Waals surface area contributed by atoms with Gasteiger partial charge in [-0.2, -0.15) is 0 Å². The topological polar surface area (TPSA) is 49.2 Å². The third kappa shape index (κ3) is 2.88. The molecule has 1 unspecified atom stereocenters. The van der Waals surface area contributed by atoms with E-state index in [9.17, 15) is 4.39 Å². The van der Waals surface area contributed by atoms with Gasteiger partial charge in [-0.1, -0.05) is 18.2 Å². The molecule has 2 rings (SSSR count). The average Bonchev–Trinajstić information content (AvgIpc) is 2.46. The van der Waals surface area contributed by atoms with Gasteiger partial charge < -0.3 is 10.0 Å². The van der Waals surface area contributed by atoms with Gasteiger partial charge >= 0.3 is 0 Å². The highest BCUT2D eigenvalue weighted by Crippen LogP contribution is 2.24. The Balaban J connectivity index is 2.23. The number of benzene rings is 1. The van der Waals surface area contributed by atoms with Gasteiger partial charge in [0.2, 0.25) is 0 Å². The zero-order chi connectivity index (χ0) is 13.8. The first-order chi connectivity index (χ1) is 9.13. The molecule has 0 saturated heterocycles. The summed E-state index contributed by atoms with van der Waals surface area (Å²) in [7, 11) is 1.83. The van der Waals surface area contributed by atoms with Gasteiger partial charge in [0.25, 0.3) is 0 Å². The highest BCUT2D eigenvalue weighted by atomic mass is 19.1. The lowest BCUT2D eigenvalue weighted by Crippen LogP contribution is -2.23. The maximum Gasteiger partial charge on any atom is 0.147 e. The van der Waals surface area contributed by atoms with Gasteiger partial charge in [0.1, 0.15) is 11.6 Å². The van der Waals surface area contributed by atoms with Crippen molar-refractivity contribution < 1.29 is 9.50 Å². The van der Waals surface area contributed by atoms with Crippen molar-refractivity contribution in [2.45, 2.75) is 19.6 Å². The molecule has 100 valence electrons. The van der Waals surface area contributed by atoms with E-state index in [4.69, 9.17) is 5.11 Å². The summed E-state index contributed by atoms with van der Waals surface area (Å²) in [5.74, 6) is 0.398. The van der Waals surface area contributed by atoms with Crippen molar-refractivity contribution in [3.05, 3.63) is 53.7 Å². The van der Waals surface area contributed by atoms with Gasteiger partial charge in [-0.15, -0.1) is 0 Å². The number of aromatic nitrogens is 2. The van der Waals surface area contributed by atoms with Crippen LogP contribution in [-0.4, -0.2) is 22.1 Å². The molecule has 1 atom stereocenters. The van der Waals surface area contributed by atoms with Crippen molar-refractivity contribution in [1.29, 1.82) is 0 Å². The fourth-order valence-corrected chi connectivity index (χ4v) is 1.83. The van der Waals surface area contributed by atoms with E-state index in [1.807, 2.05) is 24.9 Å². The van der Waals surface area contributed by atoms with Crippen molar-refractivity contribution in [1.82, 2.24) is 9.97 Å². The van der Waals surface area contributed by atoms with Crippen molar-refractivity contribution >= 4 is 5.82 Å². The van der Waals surface area contributed by atoms with Gasteiger partial charge in [-0.3, -0.25) is 4.98 Å². The van der Waals surface area contributed by atoms with E-state index in [-0.39, 0.29) is 18.5 Å². The highest BCUT2D eigenvalue weighted by molar-refractivity contribution is 5.39. The zero-order valence-corrected chi connectivity index (χ0v) is 10.9. The molecule has 1 aromatic carbocycles. The Hall–Kier alpha value is -2.01. The second-order valence-corrected chi connectivity index (χ2v) is 4.33. The summed E-state index contributed by atoms with van der Waals surface area (Å²) in [6.07, 6.45) is 3.09. The van der Waals surface area contributed by atoms with Crippen molar-refractivity contribution in [2.24, 2.45) is 0 Å². The number of nitrogens with zero attached hydrogens (tertiary/aromatic N) is 3. The fourth-order valence-electron chi connectivity index (χ4n) is 1.83. The summed E-state index contributed by atoms with van der Waals surface area (Å²) in [6, 6.07) is 6.52. The zero-order valence-electron chi connectivity index (χ0n) is 10.9. The molecule has 0 bridgehead atoms. The molecule has 0 radical (unpaired) electrons. The normalized spacial score (nSPS) is 12.2. The van der Waals surface area contributed by atoms with E-state index in [1.165, 1.54) is 12.3 Å². The summed E-state index contributed by atoms with van der Waals surface area (Å²) < 4.78 is 13.7. The SMILES string of the molecule is CC(c1ccccc1F)N(C)c1cnc(CO)cn1. The third-order valence-electron chi connectivity index (χ3n) is 3.15. The second kappa shape index (κ2) is 5.75. The largest absolute Gasteiger partial charge is 0.390 e. The van der Waals surface area contributed by atoms with Crippen molar-refractivity contribution in [3.8, 4) is 0 Å². The van der Waals surface area contributed by atoms with Crippen LogP contribution >= 0.6 is 0 Å². The summed E-state index contributed by atoms with van der Waals surface area (Å²) in [5.41, 5.74) is 1.12. The molecule has 0 aliphatic carbocycles. The molecule has 1 heterocycles. The van der Waals surface area contributed by atoms with E-state index in [0.717, 1.165) is 0 Å². The lowest BCUT2D eigenvalue weighted by atomic mass is 10.1. The molecule has 5 heteroatoms. The number of rotatable bonds is 4. The van der Waals surface area contributed by atoms with Gasteiger partial charge in [0.15, 0.2) is 0 Å². The van der Waals surface area contributed by atoms with Crippen LogP contribution in [0.25, 0.3) is 0 Å². The molecule has 1 N–H and O–H groups in total. The van der Waals surface area contributed by atoms with E-state index in [2.05, 4.69) is 9.97 Å². The number of anilines is 1. The second-order valence-electron chi connectivity index (χ2n) is 4.33. The van der Waals surface area contributed by atoms with Crippen LogP contribution in [0.3, 0.4) is 0 Å². The Morgan fingerprint density at radius 2 is 2.00 bits per heavy atom. The van der Waals surface area contributed by atoms with E-state index in [1.54, 1.807) is 18.3 Å². The minimum Gasteiger partial charge on any atom is -0.390 e. The van der Waals surface area contributed by atoms with Crippen LogP contribution in [-0.2, 0) is 6.61 Å². The van der Waals surface area contributed by atoms with E-state index >= 15 is 0 Å².